The lowest BCUT2D eigenvalue weighted by Crippen LogP contribution is -2.42. The van der Waals surface area contributed by atoms with Crippen molar-refractivity contribution in [3.8, 4) is 0 Å². The molecule has 0 N–H and O–H groups in total. The first-order chi connectivity index (χ1) is 12.8. The van der Waals surface area contributed by atoms with Gasteiger partial charge < -0.3 is 18.9 Å². The number of rotatable bonds is 5. The molecule has 2 aliphatic heterocycles. The van der Waals surface area contributed by atoms with Crippen LogP contribution in [0, 0.1) is 5.92 Å². The average molecular weight is 375 g/mol. The molecule has 2 aliphatic rings. The smallest absolute Gasteiger partial charge is 0.233 e. The van der Waals surface area contributed by atoms with Gasteiger partial charge in [-0.15, -0.1) is 0 Å². The number of aryl methyl sites for hydroxylation is 1. The van der Waals surface area contributed by atoms with Crippen molar-refractivity contribution in [2.75, 3.05) is 32.1 Å². The van der Waals surface area contributed by atoms with Crippen LogP contribution in [0.5, 0.6) is 0 Å². The molecule has 2 fully saturated rings. The number of imidazole rings is 1. The van der Waals surface area contributed by atoms with Gasteiger partial charge in [0.1, 0.15) is 0 Å². The van der Waals surface area contributed by atoms with E-state index in [-0.39, 0.29) is 12.2 Å². The minimum atomic E-state index is -0.0638. The van der Waals surface area contributed by atoms with Crippen LogP contribution >= 0.6 is 11.8 Å². The molecule has 1 amide bonds. The molecule has 0 unspecified atom stereocenters. The molecule has 26 heavy (non-hydrogen) atoms. The Labute approximate surface area is 157 Å². The zero-order valence-corrected chi connectivity index (χ0v) is 15.9. The summed E-state index contributed by atoms with van der Waals surface area (Å²) in [6.45, 7) is 5.93. The first kappa shape index (κ1) is 17.8. The number of para-hydroxylation sites is 2. The van der Waals surface area contributed by atoms with Gasteiger partial charge in [-0.2, -0.15) is 0 Å². The number of likely N-dealkylation sites (tertiary alicyclic amines) is 1. The second-order valence-electron chi connectivity index (χ2n) is 6.74. The summed E-state index contributed by atoms with van der Waals surface area (Å²) in [6, 6.07) is 8.12. The standard InChI is InChI=1S/C19H25N3O3S/c1-2-22-16-6-4-3-5-15(16)20-19(22)26-13-17(23)21-9-7-14(8-10-21)18-24-11-12-25-18/h3-6,14,18H,2,7-13H2,1H3. The van der Waals surface area contributed by atoms with Gasteiger partial charge >= 0.3 is 0 Å². The van der Waals surface area contributed by atoms with E-state index in [1.165, 1.54) is 11.8 Å². The van der Waals surface area contributed by atoms with E-state index in [9.17, 15) is 4.79 Å². The van der Waals surface area contributed by atoms with E-state index >= 15 is 0 Å². The maximum atomic E-state index is 12.6. The van der Waals surface area contributed by atoms with Gasteiger partial charge in [-0.3, -0.25) is 4.79 Å². The number of nitrogens with zero attached hydrogens (tertiary/aromatic N) is 3. The maximum absolute atomic E-state index is 12.6. The molecule has 1 aromatic heterocycles. The number of fused-ring (bicyclic) bond motifs is 1. The summed E-state index contributed by atoms with van der Waals surface area (Å²) in [7, 11) is 0. The number of carbonyl (C=O) groups excluding carboxylic acids is 1. The molecule has 0 bridgehead atoms. The van der Waals surface area contributed by atoms with Crippen molar-refractivity contribution in [3.63, 3.8) is 0 Å². The first-order valence-electron chi connectivity index (χ1n) is 9.35. The van der Waals surface area contributed by atoms with Gasteiger partial charge in [0.15, 0.2) is 11.4 Å². The molecule has 0 atom stereocenters. The minimum Gasteiger partial charge on any atom is -0.350 e. The first-order valence-corrected chi connectivity index (χ1v) is 10.3. The predicted molar refractivity (Wildman–Crippen MR) is 101 cm³/mol. The van der Waals surface area contributed by atoms with Crippen molar-refractivity contribution in [3.05, 3.63) is 24.3 Å². The van der Waals surface area contributed by atoms with E-state index in [0.717, 1.165) is 48.7 Å². The largest absolute Gasteiger partial charge is 0.350 e. The van der Waals surface area contributed by atoms with Crippen LogP contribution in [-0.2, 0) is 20.8 Å². The lowest BCUT2D eigenvalue weighted by Gasteiger charge is -2.33. The number of aromatic nitrogens is 2. The minimum absolute atomic E-state index is 0.0638. The molecule has 0 aliphatic carbocycles. The van der Waals surface area contributed by atoms with E-state index in [4.69, 9.17) is 9.47 Å². The molecule has 4 rings (SSSR count). The Kier molecular flexibility index (Phi) is 5.47. The third-order valence-corrected chi connectivity index (χ3v) is 6.15. The number of hydrogen-bond acceptors (Lipinski definition) is 5. The van der Waals surface area contributed by atoms with Gasteiger partial charge in [-0.25, -0.2) is 4.98 Å². The Morgan fingerprint density at radius 2 is 1.96 bits per heavy atom. The molecule has 7 heteroatoms. The molecule has 140 valence electrons. The van der Waals surface area contributed by atoms with Crippen LogP contribution in [0.15, 0.2) is 29.4 Å². The zero-order chi connectivity index (χ0) is 17.9. The summed E-state index contributed by atoms with van der Waals surface area (Å²) >= 11 is 1.54. The second-order valence-corrected chi connectivity index (χ2v) is 7.69. The van der Waals surface area contributed by atoms with Crippen molar-refractivity contribution in [1.82, 2.24) is 14.5 Å². The number of thioether (sulfide) groups is 1. The third-order valence-electron chi connectivity index (χ3n) is 5.19. The van der Waals surface area contributed by atoms with E-state index in [0.29, 0.717) is 24.9 Å². The molecule has 3 heterocycles. The summed E-state index contributed by atoms with van der Waals surface area (Å²) in [6.07, 6.45) is 1.84. The van der Waals surface area contributed by atoms with E-state index in [2.05, 4.69) is 22.5 Å². The zero-order valence-electron chi connectivity index (χ0n) is 15.1. The summed E-state index contributed by atoms with van der Waals surface area (Å²) in [5.41, 5.74) is 2.11. The molecule has 0 saturated carbocycles. The van der Waals surface area contributed by atoms with Gasteiger partial charge in [0.25, 0.3) is 0 Å². The van der Waals surface area contributed by atoms with Crippen LogP contribution in [0.2, 0.25) is 0 Å². The highest BCUT2D eigenvalue weighted by molar-refractivity contribution is 7.99. The van der Waals surface area contributed by atoms with Crippen LogP contribution in [0.25, 0.3) is 11.0 Å². The van der Waals surface area contributed by atoms with E-state index < -0.39 is 0 Å². The fraction of sp³-hybridized carbons (Fsp3) is 0.579. The third kappa shape index (κ3) is 3.61. The SMILES string of the molecule is CCn1c(SCC(=O)N2CCC(C3OCCO3)CC2)nc2ccccc21. The van der Waals surface area contributed by atoms with Crippen molar-refractivity contribution >= 4 is 28.7 Å². The van der Waals surface area contributed by atoms with Crippen LogP contribution < -0.4 is 0 Å². The van der Waals surface area contributed by atoms with Crippen molar-refractivity contribution < 1.29 is 14.3 Å². The van der Waals surface area contributed by atoms with Crippen molar-refractivity contribution in [2.45, 2.75) is 37.8 Å². The number of hydrogen-bond donors (Lipinski definition) is 0. The highest BCUT2D eigenvalue weighted by Crippen LogP contribution is 2.27. The topological polar surface area (TPSA) is 56.6 Å². The molecular weight excluding hydrogens is 350 g/mol. The van der Waals surface area contributed by atoms with E-state index in [1.54, 1.807) is 0 Å². The Hall–Kier alpha value is -1.57. The molecular formula is C19H25N3O3S. The Morgan fingerprint density at radius 1 is 1.23 bits per heavy atom. The summed E-state index contributed by atoms with van der Waals surface area (Å²) in [4.78, 5) is 19.3. The Morgan fingerprint density at radius 3 is 2.69 bits per heavy atom. The van der Waals surface area contributed by atoms with E-state index in [1.807, 2.05) is 23.1 Å². The highest BCUT2D eigenvalue weighted by atomic mass is 32.2. The van der Waals surface area contributed by atoms with Crippen LogP contribution in [-0.4, -0.2) is 58.7 Å². The Balaban J connectivity index is 1.33. The van der Waals surface area contributed by atoms with Gasteiger partial charge in [0.2, 0.25) is 5.91 Å². The molecule has 2 aromatic rings. The van der Waals surface area contributed by atoms with Gasteiger partial charge in [-0.1, -0.05) is 23.9 Å². The quantitative estimate of drug-likeness (QED) is 0.752. The van der Waals surface area contributed by atoms with Crippen molar-refractivity contribution in [2.24, 2.45) is 5.92 Å². The summed E-state index contributed by atoms with van der Waals surface area (Å²) in [5.74, 6) is 1.04. The molecule has 0 radical (unpaired) electrons. The lowest BCUT2D eigenvalue weighted by atomic mass is 9.96. The predicted octanol–water partition coefficient (Wildman–Crippen LogP) is 2.76. The average Bonchev–Trinajstić information content (AvgIpc) is 3.33. The number of carbonyl (C=O) groups is 1. The molecule has 2 saturated heterocycles. The summed E-state index contributed by atoms with van der Waals surface area (Å²) < 4.78 is 13.4. The fourth-order valence-electron chi connectivity index (χ4n) is 3.76. The molecule has 6 nitrogen and oxygen atoms in total. The number of ether oxygens (including phenoxy) is 2. The Bertz CT molecular complexity index is 764. The number of benzene rings is 1. The van der Waals surface area contributed by atoms with Crippen molar-refractivity contribution in [1.29, 1.82) is 0 Å². The lowest BCUT2D eigenvalue weighted by molar-refractivity contribution is -0.134. The highest BCUT2D eigenvalue weighted by Gasteiger charge is 2.31. The van der Waals surface area contributed by atoms with Gasteiger partial charge in [-0.05, 0) is 31.9 Å². The number of piperidine rings is 1. The van der Waals surface area contributed by atoms with Crippen LogP contribution in [0.4, 0.5) is 0 Å². The second kappa shape index (κ2) is 7.98. The van der Waals surface area contributed by atoms with Crippen LogP contribution in [0.3, 0.4) is 0 Å². The molecule has 1 aromatic carbocycles. The maximum Gasteiger partial charge on any atom is 0.233 e. The summed E-state index contributed by atoms with van der Waals surface area (Å²) in [5, 5.41) is 0.921. The normalized spacial score (nSPS) is 19.5. The van der Waals surface area contributed by atoms with Crippen LogP contribution in [0.1, 0.15) is 19.8 Å². The molecule has 0 spiro atoms. The fourth-order valence-corrected chi connectivity index (χ4v) is 4.74. The van der Waals surface area contributed by atoms with Gasteiger partial charge in [0.05, 0.1) is 30.0 Å². The number of amides is 1. The monoisotopic (exact) mass is 375 g/mol. The van der Waals surface area contributed by atoms with Gasteiger partial charge in [0, 0.05) is 25.6 Å².